The molecular formula is C18H17NO5. The van der Waals surface area contributed by atoms with Gasteiger partial charge in [0.25, 0.3) is 0 Å². The van der Waals surface area contributed by atoms with Gasteiger partial charge in [-0.1, -0.05) is 12.2 Å². The minimum Gasteiger partial charge on any atom is -0.481 e. The number of allylic oxidation sites excluding steroid dienone is 2. The fourth-order valence-corrected chi connectivity index (χ4v) is 5.25. The fourth-order valence-electron chi connectivity index (χ4n) is 5.25. The average Bonchev–Trinajstić information content (AvgIpc) is 3.13. The summed E-state index contributed by atoms with van der Waals surface area (Å²) in [6, 6.07) is 2.40. The number of carboxylic acid groups (broad SMARTS) is 1. The molecule has 0 aromatic carbocycles. The summed E-state index contributed by atoms with van der Waals surface area (Å²) in [5.41, 5.74) is 0. The van der Waals surface area contributed by atoms with Crippen LogP contribution in [0.2, 0.25) is 0 Å². The molecule has 0 spiro atoms. The van der Waals surface area contributed by atoms with Gasteiger partial charge < -0.3 is 9.52 Å². The second kappa shape index (κ2) is 4.59. The minimum absolute atomic E-state index is 0.133. The van der Waals surface area contributed by atoms with Gasteiger partial charge in [0, 0.05) is 0 Å². The predicted octanol–water partition coefficient (Wildman–Crippen LogP) is 1.85. The minimum atomic E-state index is -1.06. The topological polar surface area (TPSA) is 87.8 Å². The third-order valence-electron chi connectivity index (χ3n) is 6.25. The molecule has 2 saturated carbocycles. The summed E-state index contributed by atoms with van der Waals surface area (Å²) in [7, 11) is 0. The summed E-state index contributed by atoms with van der Waals surface area (Å²) in [6.45, 7) is 0. The Morgan fingerprint density at radius 1 is 1.21 bits per heavy atom. The van der Waals surface area contributed by atoms with Gasteiger partial charge in [-0.2, -0.15) is 0 Å². The van der Waals surface area contributed by atoms with Crippen molar-refractivity contribution in [3.05, 3.63) is 36.3 Å². The zero-order chi connectivity index (χ0) is 16.6. The number of carboxylic acids is 1. The number of hydrogen-bond acceptors (Lipinski definition) is 4. The van der Waals surface area contributed by atoms with E-state index < -0.39 is 12.0 Å². The number of likely N-dealkylation sites (tertiary alicyclic amines) is 1. The van der Waals surface area contributed by atoms with E-state index in [0.717, 1.165) is 6.42 Å². The van der Waals surface area contributed by atoms with E-state index in [1.54, 1.807) is 12.1 Å². The summed E-state index contributed by atoms with van der Waals surface area (Å²) in [5, 5.41) is 9.24. The molecule has 6 rings (SSSR count). The van der Waals surface area contributed by atoms with Crippen LogP contribution in [0.25, 0.3) is 0 Å². The molecule has 3 fully saturated rings. The van der Waals surface area contributed by atoms with Gasteiger partial charge in [-0.05, 0) is 42.2 Å². The van der Waals surface area contributed by atoms with Crippen LogP contribution < -0.4 is 0 Å². The number of carbonyl (C=O) groups excluding carboxylic acids is 2. The van der Waals surface area contributed by atoms with E-state index in [9.17, 15) is 19.5 Å². The molecule has 1 N–H and O–H groups in total. The number of imide groups is 1. The van der Waals surface area contributed by atoms with E-state index >= 15 is 0 Å². The van der Waals surface area contributed by atoms with Gasteiger partial charge in [0.15, 0.2) is 0 Å². The van der Waals surface area contributed by atoms with Crippen molar-refractivity contribution in [2.24, 2.45) is 35.5 Å². The average molecular weight is 327 g/mol. The normalized spacial score (nSPS) is 39.8. The molecule has 24 heavy (non-hydrogen) atoms. The number of carbonyl (C=O) groups is 3. The third-order valence-corrected chi connectivity index (χ3v) is 6.25. The van der Waals surface area contributed by atoms with Crippen LogP contribution in [-0.4, -0.2) is 27.8 Å². The van der Waals surface area contributed by atoms with Crippen LogP contribution in [0.1, 0.15) is 24.6 Å². The Hall–Kier alpha value is -2.37. The molecule has 124 valence electrons. The summed E-state index contributed by atoms with van der Waals surface area (Å²) < 4.78 is 5.33. The molecular weight excluding hydrogens is 310 g/mol. The van der Waals surface area contributed by atoms with Crippen LogP contribution in [0.4, 0.5) is 0 Å². The number of furan rings is 1. The molecule has 1 aliphatic heterocycles. The van der Waals surface area contributed by atoms with E-state index in [-0.39, 0.29) is 41.9 Å². The first-order valence-corrected chi connectivity index (χ1v) is 8.38. The number of hydrogen-bond donors (Lipinski definition) is 1. The molecule has 2 bridgehead atoms. The molecule has 7 atom stereocenters. The molecule has 6 nitrogen and oxygen atoms in total. The van der Waals surface area contributed by atoms with Crippen molar-refractivity contribution in [1.82, 2.24) is 4.90 Å². The molecule has 2 amide bonds. The van der Waals surface area contributed by atoms with Crippen molar-refractivity contribution in [3.8, 4) is 0 Å². The largest absolute Gasteiger partial charge is 0.481 e. The van der Waals surface area contributed by atoms with Gasteiger partial charge in [0.2, 0.25) is 11.8 Å². The molecule has 4 aliphatic carbocycles. The first-order chi connectivity index (χ1) is 11.6. The smallest absolute Gasteiger partial charge is 0.305 e. The number of nitrogens with zero attached hydrogens (tertiary/aromatic N) is 1. The summed E-state index contributed by atoms with van der Waals surface area (Å²) in [4.78, 5) is 38.6. The van der Waals surface area contributed by atoms with Crippen molar-refractivity contribution < 1.29 is 23.9 Å². The predicted molar refractivity (Wildman–Crippen MR) is 80.3 cm³/mol. The molecule has 6 heteroatoms. The van der Waals surface area contributed by atoms with Crippen molar-refractivity contribution in [3.63, 3.8) is 0 Å². The lowest BCUT2D eigenvalue weighted by Gasteiger charge is -2.37. The van der Waals surface area contributed by atoms with Crippen LogP contribution in [0.5, 0.6) is 0 Å². The van der Waals surface area contributed by atoms with Gasteiger partial charge in [-0.15, -0.1) is 0 Å². The SMILES string of the molecule is O=C(O)C[C@H](c1ccco1)N1C(=O)[C@@H]2[C@H]3C=C[C@@H]([C@@H]4C[C@@H]34)[C@@H]2C1=O. The Bertz CT molecular complexity index is 730. The first kappa shape index (κ1) is 14.0. The van der Waals surface area contributed by atoms with Crippen LogP contribution >= 0.6 is 0 Å². The molecule has 0 radical (unpaired) electrons. The maximum Gasteiger partial charge on any atom is 0.305 e. The van der Waals surface area contributed by atoms with E-state index in [4.69, 9.17) is 4.42 Å². The lowest BCUT2D eigenvalue weighted by atomic mass is 9.63. The molecule has 5 aliphatic rings. The van der Waals surface area contributed by atoms with Gasteiger partial charge in [0.05, 0.1) is 24.5 Å². The maximum absolute atomic E-state index is 13.1. The maximum atomic E-state index is 13.1. The van der Waals surface area contributed by atoms with E-state index in [2.05, 4.69) is 12.2 Å². The highest BCUT2D eigenvalue weighted by atomic mass is 16.4. The van der Waals surface area contributed by atoms with E-state index in [0.29, 0.717) is 17.6 Å². The third kappa shape index (κ3) is 1.68. The van der Waals surface area contributed by atoms with E-state index in [1.165, 1.54) is 11.2 Å². The van der Waals surface area contributed by atoms with Crippen molar-refractivity contribution in [2.45, 2.75) is 18.9 Å². The van der Waals surface area contributed by atoms with Gasteiger partial charge in [-0.25, -0.2) is 0 Å². The molecule has 2 heterocycles. The number of rotatable bonds is 4. The van der Waals surface area contributed by atoms with Gasteiger partial charge >= 0.3 is 5.97 Å². The number of amides is 2. The van der Waals surface area contributed by atoms with Crippen molar-refractivity contribution in [2.75, 3.05) is 0 Å². The Labute approximate surface area is 138 Å². The zero-order valence-electron chi connectivity index (χ0n) is 12.9. The Kier molecular flexibility index (Phi) is 2.68. The lowest BCUT2D eigenvalue weighted by Crippen LogP contribution is -2.40. The first-order valence-electron chi connectivity index (χ1n) is 8.38. The molecule has 1 aromatic heterocycles. The van der Waals surface area contributed by atoms with E-state index in [1.807, 2.05) is 0 Å². The quantitative estimate of drug-likeness (QED) is 0.673. The van der Waals surface area contributed by atoms with Crippen molar-refractivity contribution >= 4 is 17.8 Å². The Balaban J connectivity index is 1.54. The highest BCUT2D eigenvalue weighted by Gasteiger charge is 2.67. The zero-order valence-corrected chi connectivity index (χ0v) is 12.9. The molecule has 1 aromatic rings. The summed E-state index contributed by atoms with van der Waals surface area (Å²) >= 11 is 0. The van der Waals surface area contributed by atoms with Gasteiger partial charge in [-0.3, -0.25) is 19.3 Å². The summed E-state index contributed by atoms with van der Waals surface area (Å²) in [5.74, 6) is -0.472. The number of aliphatic carboxylic acids is 1. The molecule has 0 unspecified atom stereocenters. The van der Waals surface area contributed by atoms with Gasteiger partial charge in [0.1, 0.15) is 11.8 Å². The standard InChI is InChI=1S/C18H17NO5/c20-14(21)7-12(13-2-1-5-24-13)19-17(22)15-8-3-4-9(11-6-10(8)11)16(15)18(19)23/h1-5,8-12,15-16H,6-7H2,(H,20,21)/t8-,9-,10-,11-,12+,15-,16+/m0/s1. The van der Waals surface area contributed by atoms with Crippen molar-refractivity contribution in [1.29, 1.82) is 0 Å². The fraction of sp³-hybridized carbons (Fsp3) is 0.500. The Morgan fingerprint density at radius 2 is 1.83 bits per heavy atom. The monoisotopic (exact) mass is 327 g/mol. The highest BCUT2D eigenvalue weighted by molar-refractivity contribution is 6.06. The van der Waals surface area contributed by atoms with Crippen LogP contribution in [0.3, 0.4) is 0 Å². The second-order valence-corrected chi connectivity index (χ2v) is 7.33. The highest BCUT2D eigenvalue weighted by Crippen LogP contribution is 2.65. The Morgan fingerprint density at radius 3 is 2.33 bits per heavy atom. The van der Waals surface area contributed by atoms with Crippen LogP contribution in [0.15, 0.2) is 35.0 Å². The molecule has 1 saturated heterocycles. The van der Waals surface area contributed by atoms with Crippen LogP contribution in [0, 0.1) is 35.5 Å². The lowest BCUT2D eigenvalue weighted by molar-refractivity contribution is -0.146. The summed E-state index contributed by atoms with van der Waals surface area (Å²) in [6.07, 6.45) is 6.41. The van der Waals surface area contributed by atoms with Crippen LogP contribution in [-0.2, 0) is 14.4 Å². The second-order valence-electron chi connectivity index (χ2n) is 7.33.